The second-order valence-electron chi connectivity index (χ2n) is 5.77. The van der Waals surface area contributed by atoms with Crippen molar-refractivity contribution in [3.63, 3.8) is 0 Å². The molecule has 0 radical (unpaired) electrons. The highest BCUT2D eigenvalue weighted by Crippen LogP contribution is 2.38. The van der Waals surface area contributed by atoms with Crippen LogP contribution in [0.3, 0.4) is 0 Å². The number of phenols is 1. The minimum absolute atomic E-state index is 0.0153. The fourth-order valence-electron chi connectivity index (χ4n) is 2.70. The van der Waals surface area contributed by atoms with Crippen LogP contribution in [0.5, 0.6) is 11.5 Å². The Morgan fingerprint density at radius 2 is 2.00 bits per heavy atom. The summed E-state index contributed by atoms with van der Waals surface area (Å²) in [7, 11) is 0. The molecule has 0 aliphatic carbocycles. The number of benzene rings is 2. The molecule has 1 heterocycles. The third-order valence-electron chi connectivity index (χ3n) is 3.95. The van der Waals surface area contributed by atoms with Gasteiger partial charge >= 0.3 is 5.69 Å². The van der Waals surface area contributed by atoms with Gasteiger partial charge in [0.2, 0.25) is 5.75 Å². The Kier molecular flexibility index (Phi) is 4.89. The van der Waals surface area contributed by atoms with E-state index in [0.29, 0.717) is 22.5 Å². The van der Waals surface area contributed by atoms with Gasteiger partial charge in [-0.05, 0) is 43.7 Å². The van der Waals surface area contributed by atoms with E-state index < -0.39 is 16.4 Å². The number of rotatable bonds is 5. The quantitative estimate of drug-likeness (QED) is 0.495. The van der Waals surface area contributed by atoms with Crippen molar-refractivity contribution >= 4 is 29.1 Å². The van der Waals surface area contributed by atoms with Crippen molar-refractivity contribution in [3.05, 3.63) is 63.7 Å². The van der Waals surface area contributed by atoms with Crippen LogP contribution in [0.1, 0.15) is 19.4 Å². The molecule has 1 aliphatic heterocycles. The van der Waals surface area contributed by atoms with Crippen molar-refractivity contribution in [3.8, 4) is 11.5 Å². The second kappa shape index (κ2) is 7.28. The predicted octanol–water partition coefficient (Wildman–Crippen LogP) is 3.51. The van der Waals surface area contributed by atoms with Gasteiger partial charge in [-0.1, -0.05) is 18.2 Å². The lowest BCUT2D eigenvalue weighted by atomic mass is 10.1. The van der Waals surface area contributed by atoms with Gasteiger partial charge in [0.15, 0.2) is 5.75 Å². The maximum Gasteiger partial charge on any atom is 0.315 e. The number of amides is 1. The molecule has 0 saturated heterocycles. The summed E-state index contributed by atoms with van der Waals surface area (Å²) < 4.78 is 5.27. The smallest absolute Gasteiger partial charge is 0.315 e. The summed E-state index contributed by atoms with van der Waals surface area (Å²) in [5.41, 5.74) is 1.28. The number of ether oxygens (including phenoxy) is 1. The highest BCUT2D eigenvalue weighted by atomic mass is 16.6. The molecule has 0 atom stereocenters. The number of carbonyl (C=O) groups is 1. The molecule has 0 bridgehead atoms. The number of phenolic OH excluding ortho intramolecular Hbond substituents is 1. The Labute approximate surface area is 155 Å². The van der Waals surface area contributed by atoms with Crippen molar-refractivity contribution in [1.82, 2.24) is 0 Å². The Morgan fingerprint density at radius 3 is 2.63 bits per heavy atom. The Hall–Kier alpha value is -3.68. The number of nitro benzene ring substituents is 1. The lowest BCUT2D eigenvalue weighted by Gasteiger charge is -2.11. The molecule has 0 fully saturated rings. The van der Waals surface area contributed by atoms with Crippen molar-refractivity contribution in [2.45, 2.75) is 13.8 Å². The van der Waals surface area contributed by atoms with Crippen LogP contribution in [-0.4, -0.2) is 28.3 Å². The lowest BCUT2D eigenvalue weighted by molar-refractivity contribution is -0.386. The third kappa shape index (κ3) is 3.50. The minimum Gasteiger partial charge on any atom is -0.500 e. The number of anilines is 1. The fraction of sp³-hybridized carbons (Fsp3) is 0.158. The van der Waals surface area contributed by atoms with Crippen LogP contribution in [0.15, 0.2) is 53.1 Å². The van der Waals surface area contributed by atoms with Gasteiger partial charge in [0.25, 0.3) is 5.91 Å². The Morgan fingerprint density at radius 1 is 1.30 bits per heavy atom. The average molecular weight is 367 g/mol. The number of hydrazone groups is 1. The molecule has 0 unspecified atom stereocenters. The molecular weight excluding hydrogens is 350 g/mol. The standard InChI is InChI=1S/C19H17N3O5/c1-3-27-17-11-13(10-16(18(17)23)22(25)26)9-15-12(2)20-21(19(15)24)14-7-5-4-6-8-14/h4-11,23H,3H2,1-2H3. The normalized spacial score (nSPS) is 15.2. The molecule has 1 aliphatic rings. The van der Waals surface area contributed by atoms with Crippen LogP contribution >= 0.6 is 0 Å². The largest absolute Gasteiger partial charge is 0.500 e. The summed E-state index contributed by atoms with van der Waals surface area (Å²) in [4.78, 5) is 23.2. The van der Waals surface area contributed by atoms with Crippen LogP contribution < -0.4 is 9.75 Å². The maximum atomic E-state index is 12.7. The molecule has 3 rings (SSSR count). The topological polar surface area (TPSA) is 105 Å². The summed E-state index contributed by atoms with van der Waals surface area (Å²) in [5.74, 6) is -0.899. The van der Waals surface area contributed by atoms with E-state index in [1.54, 1.807) is 38.1 Å². The number of hydrogen-bond donors (Lipinski definition) is 1. The third-order valence-corrected chi connectivity index (χ3v) is 3.95. The van der Waals surface area contributed by atoms with E-state index in [-0.39, 0.29) is 18.3 Å². The zero-order valence-corrected chi connectivity index (χ0v) is 14.7. The average Bonchev–Trinajstić information content (AvgIpc) is 2.93. The molecule has 2 aromatic rings. The zero-order valence-electron chi connectivity index (χ0n) is 14.7. The molecule has 1 amide bonds. The first kappa shape index (κ1) is 18.1. The first-order chi connectivity index (χ1) is 12.9. The van der Waals surface area contributed by atoms with Gasteiger partial charge in [-0.3, -0.25) is 14.9 Å². The van der Waals surface area contributed by atoms with Gasteiger partial charge < -0.3 is 9.84 Å². The predicted molar refractivity (Wildman–Crippen MR) is 101 cm³/mol. The van der Waals surface area contributed by atoms with E-state index in [1.807, 2.05) is 6.07 Å². The van der Waals surface area contributed by atoms with E-state index in [4.69, 9.17) is 4.74 Å². The van der Waals surface area contributed by atoms with Gasteiger partial charge in [0.1, 0.15) is 0 Å². The number of hydrogen-bond acceptors (Lipinski definition) is 6. The maximum absolute atomic E-state index is 12.7. The zero-order chi connectivity index (χ0) is 19.6. The number of nitro groups is 1. The Bertz CT molecular complexity index is 967. The molecular formula is C19H17N3O5. The SMILES string of the molecule is CCOc1cc(C=C2C(=O)N(c3ccccc3)N=C2C)cc([N+](=O)[O-])c1O. The van der Waals surface area contributed by atoms with Gasteiger partial charge in [0, 0.05) is 6.07 Å². The molecule has 27 heavy (non-hydrogen) atoms. The van der Waals surface area contributed by atoms with E-state index >= 15 is 0 Å². The minimum atomic E-state index is -0.701. The molecule has 0 saturated carbocycles. The van der Waals surface area contributed by atoms with E-state index in [2.05, 4.69) is 5.10 Å². The number of nitrogens with zero attached hydrogens (tertiary/aromatic N) is 3. The van der Waals surface area contributed by atoms with E-state index in [1.165, 1.54) is 23.2 Å². The van der Waals surface area contributed by atoms with Crippen LogP contribution in [0.2, 0.25) is 0 Å². The summed E-state index contributed by atoms with van der Waals surface area (Å²) in [5, 5.41) is 26.7. The monoisotopic (exact) mass is 367 g/mol. The van der Waals surface area contributed by atoms with Crippen molar-refractivity contribution < 1.29 is 19.6 Å². The van der Waals surface area contributed by atoms with E-state index in [9.17, 15) is 20.0 Å². The highest BCUT2D eigenvalue weighted by molar-refractivity contribution is 6.32. The van der Waals surface area contributed by atoms with Gasteiger partial charge in [0.05, 0.1) is 28.5 Å². The van der Waals surface area contributed by atoms with Crippen LogP contribution in [0, 0.1) is 10.1 Å². The summed E-state index contributed by atoms with van der Waals surface area (Å²) in [6.45, 7) is 3.61. The molecule has 8 nitrogen and oxygen atoms in total. The van der Waals surface area contributed by atoms with Crippen LogP contribution in [0.4, 0.5) is 11.4 Å². The molecule has 8 heteroatoms. The van der Waals surface area contributed by atoms with Crippen LogP contribution in [0.25, 0.3) is 6.08 Å². The summed E-state index contributed by atoms with van der Waals surface area (Å²) >= 11 is 0. The Balaban J connectivity index is 2.03. The molecule has 1 N–H and O–H groups in total. The molecule has 0 aromatic heterocycles. The number of para-hydroxylation sites is 1. The lowest BCUT2D eigenvalue weighted by Crippen LogP contribution is -2.21. The number of aromatic hydroxyl groups is 1. The van der Waals surface area contributed by atoms with E-state index in [0.717, 1.165) is 0 Å². The molecule has 0 spiro atoms. The molecule has 2 aromatic carbocycles. The highest BCUT2D eigenvalue weighted by Gasteiger charge is 2.29. The van der Waals surface area contributed by atoms with Gasteiger partial charge in [-0.2, -0.15) is 10.1 Å². The number of carbonyl (C=O) groups excluding carboxylic acids is 1. The first-order valence-electron chi connectivity index (χ1n) is 8.23. The van der Waals surface area contributed by atoms with Gasteiger partial charge in [-0.15, -0.1) is 0 Å². The summed E-state index contributed by atoms with van der Waals surface area (Å²) in [6.07, 6.45) is 1.50. The van der Waals surface area contributed by atoms with Gasteiger partial charge in [-0.25, -0.2) is 0 Å². The summed E-state index contributed by atoms with van der Waals surface area (Å²) in [6, 6.07) is 11.6. The van der Waals surface area contributed by atoms with Crippen molar-refractivity contribution in [2.24, 2.45) is 5.10 Å². The van der Waals surface area contributed by atoms with Crippen molar-refractivity contribution in [2.75, 3.05) is 11.6 Å². The second-order valence-corrected chi connectivity index (χ2v) is 5.77. The fourth-order valence-corrected chi connectivity index (χ4v) is 2.70. The van der Waals surface area contributed by atoms with Crippen molar-refractivity contribution in [1.29, 1.82) is 0 Å². The van der Waals surface area contributed by atoms with Crippen LogP contribution in [-0.2, 0) is 4.79 Å². The first-order valence-corrected chi connectivity index (χ1v) is 8.23. The molecule has 138 valence electrons.